The minimum Gasteiger partial charge on any atom is -0.386 e. The first-order valence-corrected chi connectivity index (χ1v) is 10.6. The van der Waals surface area contributed by atoms with Gasteiger partial charge in [-0.25, -0.2) is 9.97 Å². The summed E-state index contributed by atoms with van der Waals surface area (Å²) in [5.74, 6) is -0.491. The average Bonchev–Trinajstić information content (AvgIpc) is 3.31. The van der Waals surface area contributed by atoms with Crippen LogP contribution in [0, 0.1) is 0 Å². The first-order chi connectivity index (χ1) is 14.6. The van der Waals surface area contributed by atoms with E-state index in [4.69, 9.17) is 43.1 Å². The van der Waals surface area contributed by atoms with Crippen molar-refractivity contribution in [3.05, 3.63) is 52.4 Å². The number of anilines is 1. The van der Waals surface area contributed by atoms with Crippen LogP contribution in [0.5, 0.6) is 0 Å². The van der Waals surface area contributed by atoms with E-state index in [2.05, 4.69) is 9.97 Å². The second-order valence-electron chi connectivity index (χ2n) is 8.51. The van der Waals surface area contributed by atoms with Gasteiger partial charge in [0.15, 0.2) is 12.0 Å². The van der Waals surface area contributed by atoms with E-state index < -0.39 is 35.9 Å². The van der Waals surface area contributed by atoms with E-state index in [1.54, 1.807) is 18.2 Å². The van der Waals surface area contributed by atoms with Crippen molar-refractivity contribution in [2.45, 2.75) is 56.7 Å². The molecule has 1 aromatic carbocycles. The van der Waals surface area contributed by atoms with Gasteiger partial charge in [0.25, 0.3) is 0 Å². The summed E-state index contributed by atoms with van der Waals surface area (Å²) in [6.45, 7) is 5.56. The van der Waals surface area contributed by atoms with Gasteiger partial charge in [-0.1, -0.05) is 29.3 Å². The molecule has 8 nitrogen and oxygen atoms in total. The molecule has 2 aliphatic rings. The first-order valence-electron chi connectivity index (χ1n) is 9.84. The number of aliphatic hydroxyl groups excluding tert-OH is 1. The Bertz CT molecular complexity index is 1170. The summed E-state index contributed by atoms with van der Waals surface area (Å²) in [6.07, 6.45) is 0.311. The maximum absolute atomic E-state index is 11.3. The van der Waals surface area contributed by atoms with Crippen LogP contribution in [-0.4, -0.2) is 43.2 Å². The number of nitrogens with zero attached hydrogens (tertiary/aromatic N) is 3. The molecule has 3 N–H and O–H groups in total. The zero-order chi connectivity index (χ0) is 22.1. The van der Waals surface area contributed by atoms with Crippen LogP contribution in [0.25, 0.3) is 11.0 Å². The fraction of sp³-hybridized carbons (Fsp3) is 0.429. The highest BCUT2D eigenvalue weighted by Gasteiger charge is 2.65. The van der Waals surface area contributed by atoms with Crippen molar-refractivity contribution < 1.29 is 19.3 Å². The van der Waals surface area contributed by atoms with E-state index in [-0.39, 0.29) is 0 Å². The van der Waals surface area contributed by atoms with Gasteiger partial charge in [-0.15, -0.1) is 0 Å². The molecule has 0 amide bonds. The number of ether oxygens (including phenoxy) is 3. The van der Waals surface area contributed by atoms with Gasteiger partial charge in [-0.05, 0) is 44.5 Å². The summed E-state index contributed by atoms with van der Waals surface area (Å²) in [5.41, 5.74) is 6.22. The molecule has 0 saturated carbocycles. The Labute approximate surface area is 188 Å². The Morgan fingerprint density at radius 3 is 2.68 bits per heavy atom. The number of benzene rings is 1. The van der Waals surface area contributed by atoms with Crippen LogP contribution in [0.3, 0.4) is 0 Å². The lowest BCUT2D eigenvalue weighted by molar-refractivity contribution is -0.223. The molecule has 31 heavy (non-hydrogen) atoms. The Morgan fingerprint density at radius 2 is 1.94 bits per heavy atom. The molecule has 10 heteroatoms. The molecule has 3 aromatic rings. The molecule has 5 rings (SSSR count). The largest absolute Gasteiger partial charge is 0.386 e. The molecule has 0 aliphatic carbocycles. The zero-order valence-electron chi connectivity index (χ0n) is 17.1. The number of nitrogen functional groups attached to an aromatic ring is 1. The van der Waals surface area contributed by atoms with Gasteiger partial charge in [0.05, 0.1) is 15.4 Å². The topological polar surface area (TPSA) is 105 Å². The van der Waals surface area contributed by atoms with Crippen molar-refractivity contribution in [3.8, 4) is 0 Å². The summed E-state index contributed by atoms with van der Waals surface area (Å²) in [5, 5.41) is 12.7. The lowest BCUT2D eigenvalue weighted by atomic mass is 9.88. The monoisotopic (exact) mass is 464 g/mol. The third kappa shape index (κ3) is 3.21. The summed E-state index contributed by atoms with van der Waals surface area (Å²) < 4.78 is 20.8. The standard InChI is InChI=1S/C21H22Cl2N4O4/c1-20(2)30-16-19(27-7-6-11-17(24)25-9-26-18(11)27)29-15(21(16,3)31-20)14(28)10-4-5-12(22)13(23)8-10/h4-9,14-16,19,28H,1-3H3,(H2,24,25,26)/t14-,15-,16+,19-,21-/m1/s1. The van der Waals surface area contributed by atoms with E-state index in [1.165, 1.54) is 6.33 Å². The molecule has 2 saturated heterocycles. The van der Waals surface area contributed by atoms with Crippen molar-refractivity contribution in [1.29, 1.82) is 0 Å². The SMILES string of the molecule is CC1(C)O[C@H]2[C@H](n3ccc4c(N)ncnc43)O[C@H]([C@H](O)c3ccc(Cl)c(Cl)c3)[C@@]2(C)O1. The molecule has 0 radical (unpaired) electrons. The number of hydrogen-bond acceptors (Lipinski definition) is 7. The average molecular weight is 465 g/mol. The predicted octanol–water partition coefficient (Wildman–Crippen LogP) is 3.86. The molecule has 2 aromatic heterocycles. The van der Waals surface area contributed by atoms with Gasteiger partial charge in [0.2, 0.25) is 0 Å². The minimum atomic E-state index is -1.04. The molecule has 5 atom stereocenters. The molecule has 0 spiro atoms. The maximum atomic E-state index is 11.3. The van der Waals surface area contributed by atoms with Gasteiger partial charge in [-0.2, -0.15) is 0 Å². The van der Waals surface area contributed by atoms with Crippen LogP contribution >= 0.6 is 23.2 Å². The fourth-order valence-electron chi connectivity index (χ4n) is 4.62. The third-order valence-electron chi connectivity index (χ3n) is 5.94. The number of fused-ring (bicyclic) bond motifs is 2. The van der Waals surface area contributed by atoms with Gasteiger partial charge >= 0.3 is 0 Å². The summed E-state index contributed by atoms with van der Waals surface area (Å²) >= 11 is 12.2. The van der Waals surface area contributed by atoms with Crippen LogP contribution in [0.15, 0.2) is 36.8 Å². The second kappa shape index (κ2) is 7.03. The Kier molecular flexibility index (Phi) is 4.75. The van der Waals surface area contributed by atoms with Crippen LogP contribution in [0.2, 0.25) is 10.0 Å². The Balaban J connectivity index is 1.58. The summed E-state index contributed by atoms with van der Waals surface area (Å²) in [6, 6.07) is 6.82. The van der Waals surface area contributed by atoms with Crippen LogP contribution in [0.4, 0.5) is 5.82 Å². The molecule has 4 heterocycles. The molecule has 2 fully saturated rings. The van der Waals surface area contributed by atoms with Crippen molar-refractivity contribution >= 4 is 40.1 Å². The van der Waals surface area contributed by atoms with Crippen molar-refractivity contribution in [1.82, 2.24) is 14.5 Å². The van der Waals surface area contributed by atoms with E-state index >= 15 is 0 Å². The summed E-state index contributed by atoms with van der Waals surface area (Å²) in [7, 11) is 0. The van der Waals surface area contributed by atoms with Gasteiger partial charge in [0.1, 0.15) is 41.7 Å². The molecule has 0 unspecified atom stereocenters. The molecular weight excluding hydrogens is 443 g/mol. The van der Waals surface area contributed by atoms with Gasteiger partial charge in [0, 0.05) is 6.20 Å². The Hall–Kier alpha value is -1.94. The molecule has 0 bridgehead atoms. The van der Waals surface area contributed by atoms with Crippen LogP contribution in [-0.2, 0) is 14.2 Å². The van der Waals surface area contributed by atoms with E-state index in [0.29, 0.717) is 32.5 Å². The minimum absolute atomic E-state index is 0.349. The second-order valence-corrected chi connectivity index (χ2v) is 9.32. The van der Waals surface area contributed by atoms with Crippen LogP contribution < -0.4 is 5.73 Å². The maximum Gasteiger partial charge on any atom is 0.165 e. The number of hydrogen-bond donors (Lipinski definition) is 2. The normalized spacial score (nSPS) is 30.6. The summed E-state index contributed by atoms with van der Waals surface area (Å²) in [4.78, 5) is 8.41. The molecular formula is C21H22Cl2N4O4. The smallest absolute Gasteiger partial charge is 0.165 e. The van der Waals surface area contributed by atoms with Gasteiger partial charge < -0.3 is 29.6 Å². The van der Waals surface area contributed by atoms with Crippen LogP contribution in [0.1, 0.15) is 38.7 Å². The van der Waals surface area contributed by atoms with Crippen molar-refractivity contribution in [2.24, 2.45) is 0 Å². The highest BCUT2D eigenvalue weighted by molar-refractivity contribution is 6.42. The lowest BCUT2D eigenvalue weighted by Gasteiger charge is -2.32. The highest BCUT2D eigenvalue weighted by Crippen LogP contribution is 2.53. The van der Waals surface area contributed by atoms with E-state index in [9.17, 15) is 5.11 Å². The molecule has 2 aliphatic heterocycles. The number of aromatic nitrogens is 3. The fourth-order valence-corrected chi connectivity index (χ4v) is 4.93. The lowest BCUT2D eigenvalue weighted by Crippen LogP contribution is -2.46. The van der Waals surface area contributed by atoms with E-state index in [1.807, 2.05) is 37.6 Å². The van der Waals surface area contributed by atoms with Crippen molar-refractivity contribution in [2.75, 3.05) is 5.73 Å². The third-order valence-corrected chi connectivity index (χ3v) is 6.68. The highest BCUT2D eigenvalue weighted by atomic mass is 35.5. The number of rotatable bonds is 3. The first kappa shape index (κ1) is 20.9. The zero-order valence-corrected chi connectivity index (χ0v) is 18.6. The quantitative estimate of drug-likeness (QED) is 0.605. The predicted molar refractivity (Wildman–Crippen MR) is 116 cm³/mol. The van der Waals surface area contributed by atoms with Gasteiger partial charge in [-0.3, -0.25) is 0 Å². The number of nitrogens with two attached hydrogens (primary N) is 1. The number of aliphatic hydroxyl groups is 1. The molecule has 164 valence electrons. The number of halogens is 2. The Morgan fingerprint density at radius 1 is 1.16 bits per heavy atom. The van der Waals surface area contributed by atoms with E-state index in [0.717, 1.165) is 0 Å². The van der Waals surface area contributed by atoms with Crippen molar-refractivity contribution in [3.63, 3.8) is 0 Å².